The summed E-state index contributed by atoms with van der Waals surface area (Å²) >= 11 is 1.56. The number of thiazole rings is 1. The van der Waals surface area contributed by atoms with Crippen LogP contribution in [0.15, 0.2) is 53.0 Å². The Morgan fingerprint density at radius 3 is 2.58 bits per heavy atom. The predicted octanol–water partition coefficient (Wildman–Crippen LogP) is 3.84. The molecule has 0 radical (unpaired) electrons. The Hall–Kier alpha value is -2.68. The van der Waals surface area contributed by atoms with Crippen LogP contribution in [0.2, 0.25) is 0 Å². The van der Waals surface area contributed by atoms with Crippen LogP contribution < -0.4 is 15.5 Å². The van der Waals surface area contributed by atoms with E-state index in [0.717, 1.165) is 60.6 Å². The van der Waals surface area contributed by atoms with Crippen molar-refractivity contribution in [2.45, 2.75) is 25.2 Å². The summed E-state index contributed by atoms with van der Waals surface area (Å²) in [6.45, 7) is 8.89. The summed E-state index contributed by atoms with van der Waals surface area (Å²) in [5.41, 5.74) is 2.93. The van der Waals surface area contributed by atoms with Crippen molar-refractivity contribution in [2.24, 2.45) is 4.99 Å². The molecule has 0 amide bonds. The minimum Gasteiger partial charge on any atom is -0.356 e. The van der Waals surface area contributed by atoms with E-state index in [1.165, 1.54) is 19.5 Å². The molecular formula is C23H29N7S. The van der Waals surface area contributed by atoms with Crippen LogP contribution in [0.4, 0.5) is 10.9 Å². The van der Waals surface area contributed by atoms with Crippen LogP contribution in [0.5, 0.6) is 0 Å². The SMILES string of the molecule is C1CNCNC1.C=Nc1nc(C2CCCN(c3cccc(-c4ccccn4)n3)C2)cs1. The highest BCUT2D eigenvalue weighted by Gasteiger charge is 2.24. The second-order valence-electron chi connectivity index (χ2n) is 7.62. The molecule has 2 N–H and O–H groups in total. The Kier molecular flexibility index (Phi) is 7.71. The van der Waals surface area contributed by atoms with E-state index in [1.807, 2.05) is 24.3 Å². The van der Waals surface area contributed by atoms with Gasteiger partial charge in [-0.3, -0.25) is 4.98 Å². The third kappa shape index (κ3) is 5.94. The Morgan fingerprint density at radius 2 is 1.90 bits per heavy atom. The minimum absolute atomic E-state index is 0.417. The van der Waals surface area contributed by atoms with Crippen molar-refractivity contribution in [2.75, 3.05) is 37.7 Å². The Labute approximate surface area is 187 Å². The molecule has 5 rings (SSSR count). The average molecular weight is 436 g/mol. The van der Waals surface area contributed by atoms with E-state index in [9.17, 15) is 0 Å². The van der Waals surface area contributed by atoms with Crippen molar-refractivity contribution < 1.29 is 0 Å². The number of anilines is 1. The molecule has 0 aliphatic carbocycles. The molecule has 162 valence electrons. The van der Waals surface area contributed by atoms with Gasteiger partial charge in [0.05, 0.1) is 17.1 Å². The Morgan fingerprint density at radius 1 is 1.03 bits per heavy atom. The van der Waals surface area contributed by atoms with Gasteiger partial charge in [0.1, 0.15) is 5.82 Å². The maximum Gasteiger partial charge on any atom is 0.208 e. The molecule has 31 heavy (non-hydrogen) atoms. The van der Waals surface area contributed by atoms with Crippen LogP contribution in [0.25, 0.3) is 11.4 Å². The lowest BCUT2D eigenvalue weighted by atomic mass is 9.95. The molecule has 3 aromatic heterocycles. The van der Waals surface area contributed by atoms with Gasteiger partial charge in [0, 0.05) is 37.3 Å². The number of pyridine rings is 2. The van der Waals surface area contributed by atoms with Gasteiger partial charge in [-0.25, -0.2) is 15.0 Å². The summed E-state index contributed by atoms with van der Waals surface area (Å²) in [4.78, 5) is 20.1. The summed E-state index contributed by atoms with van der Waals surface area (Å²) in [7, 11) is 0. The number of aliphatic imine (C=N–C) groups is 1. The van der Waals surface area contributed by atoms with Crippen LogP contribution in [0.3, 0.4) is 0 Å². The third-order valence-corrected chi connectivity index (χ3v) is 6.22. The Balaban J connectivity index is 0.000000334. The molecule has 2 aliphatic heterocycles. The van der Waals surface area contributed by atoms with Crippen molar-refractivity contribution in [1.29, 1.82) is 0 Å². The van der Waals surface area contributed by atoms with Crippen molar-refractivity contribution >= 4 is 29.0 Å². The zero-order valence-electron chi connectivity index (χ0n) is 17.7. The maximum absolute atomic E-state index is 4.83. The lowest BCUT2D eigenvalue weighted by molar-refractivity contribution is 0.496. The van der Waals surface area contributed by atoms with E-state index >= 15 is 0 Å². The number of nitrogens with zero attached hydrogens (tertiary/aromatic N) is 5. The first-order valence-corrected chi connectivity index (χ1v) is 11.7. The first-order valence-electron chi connectivity index (χ1n) is 10.8. The van der Waals surface area contributed by atoms with Crippen LogP contribution >= 0.6 is 11.3 Å². The fourth-order valence-electron chi connectivity index (χ4n) is 3.82. The number of hydrogen-bond acceptors (Lipinski definition) is 8. The van der Waals surface area contributed by atoms with E-state index in [4.69, 9.17) is 4.98 Å². The zero-order chi connectivity index (χ0) is 21.3. The van der Waals surface area contributed by atoms with Gasteiger partial charge in [0.15, 0.2) is 0 Å². The fraction of sp³-hybridized carbons (Fsp3) is 0.391. The molecule has 2 aliphatic rings. The summed E-state index contributed by atoms with van der Waals surface area (Å²) in [6, 6.07) is 12.0. The monoisotopic (exact) mass is 435 g/mol. The van der Waals surface area contributed by atoms with Gasteiger partial charge in [0.25, 0.3) is 0 Å². The topological polar surface area (TPSA) is 78.3 Å². The number of rotatable bonds is 4. The van der Waals surface area contributed by atoms with Gasteiger partial charge in [-0.15, -0.1) is 11.3 Å². The maximum atomic E-state index is 4.83. The quantitative estimate of drug-likeness (QED) is 0.606. The summed E-state index contributed by atoms with van der Waals surface area (Å²) in [6.07, 6.45) is 5.36. The predicted molar refractivity (Wildman–Crippen MR) is 128 cm³/mol. The van der Waals surface area contributed by atoms with Crippen LogP contribution in [-0.2, 0) is 0 Å². The molecule has 7 nitrogen and oxygen atoms in total. The molecule has 0 bridgehead atoms. The Bertz CT molecular complexity index is 944. The van der Waals surface area contributed by atoms with Gasteiger partial charge in [-0.2, -0.15) is 0 Å². The summed E-state index contributed by atoms with van der Waals surface area (Å²) in [5, 5.41) is 9.21. The van der Waals surface area contributed by atoms with Crippen LogP contribution in [0.1, 0.15) is 30.9 Å². The number of piperidine rings is 1. The summed E-state index contributed by atoms with van der Waals surface area (Å²) < 4.78 is 0. The first kappa shape index (κ1) is 21.5. The molecule has 1 atom stereocenters. The second kappa shape index (κ2) is 11.1. The van der Waals surface area contributed by atoms with Gasteiger partial charge in [-0.1, -0.05) is 12.1 Å². The minimum atomic E-state index is 0.417. The zero-order valence-corrected chi connectivity index (χ0v) is 18.5. The normalized spacial score (nSPS) is 18.7. The smallest absolute Gasteiger partial charge is 0.208 e. The van der Waals surface area contributed by atoms with E-state index in [0.29, 0.717) is 5.92 Å². The molecule has 5 heterocycles. The van der Waals surface area contributed by atoms with Gasteiger partial charge in [-0.05, 0) is 63.3 Å². The molecule has 2 fully saturated rings. The van der Waals surface area contributed by atoms with E-state index in [-0.39, 0.29) is 0 Å². The van der Waals surface area contributed by atoms with Gasteiger partial charge >= 0.3 is 0 Å². The van der Waals surface area contributed by atoms with Crippen molar-refractivity contribution in [3.8, 4) is 11.4 Å². The fourth-order valence-corrected chi connectivity index (χ4v) is 4.53. The van der Waals surface area contributed by atoms with Crippen molar-refractivity contribution in [3.63, 3.8) is 0 Å². The van der Waals surface area contributed by atoms with Gasteiger partial charge in [0.2, 0.25) is 5.13 Å². The molecule has 0 saturated carbocycles. The second-order valence-corrected chi connectivity index (χ2v) is 8.46. The number of nitrogens with one attached hydrogen (secondary N) is 2. The van der Waals surface area contributed by atoms with E-state index in [1.54, 1.807) is 17.5 Å². The summed E-state index contributed by atoms with van der Waals surface area (Å²) in [5.74, 6) is 1.42. The van der Waals surface area contributed by atoms with Crippen LogP contribution in [0, 0.1) is 0 Å². The molecule has 2 saturated heterocycles. The molecule has 1 unspecified atom stereocenters. The highest BCUT2D eigenvalue weighted by atomic mass is 32.1. The molecular weight excluding hydrogens is 406 g/mol. The highest BCUT2D eigenvalue weighted by Crippen LogP contribution is 2.32. The van der Waals surface area contributed by atoms with Crippen LogP contribution in [-0.4, -0.2) is 54.5 Å². The first-order chi connectivity index (χ1) is 15.3. The van der Waals surface area contributed by atoms with E-state index < -0.39 is 0 Å². The van der Waals surface area contributed by atoms with Crippen molar-refractivity contribution in [3.05, 3.63) is 53.7 Å². The number of hydrogen-bond donors (Lipinski definition) is 2. The standard InChI is InChI=1S/C19H19N5S.C4H10N2/c1-20-19-23-17(13-25-19)14-6-5-11-24(12-14)18-9-4-8-16(22-18)15-7-2-3-10-21-15;1-2-5-4-6-3-1/h2-4,7-10,13-14H,1,5-6,11-12H2;5-6H,1-4H2. The molecule has 0 aromatic carbocycles. The highest BCUT2D eigenvalue weighted by molar-refractivity contribution is 7.13. The number of aromatic nitrogens is 3. The van der Waals surface area contributed by atoms with Gasteiger partial charge < -0.3 is 15.5 Å². The largest absolute Gasteiger partial charge is 0.356 e. The van der Waals surface area contributed by atoms with Crippen molar-refractivity contribution in [1.82, 2.24) is 25.6 Å². The third-order valence-electron chi connectivity index (χ3n) is 5.43. The molecule has 3 aromatic rings. The van der Waals surface area contributed by atoms with E-state index in [2.05, 4.69) is 54.7 Å². The average Bonchev–Trinajstić information content (AvgIpc) is 3.36. The molecule has 0 spiro atoms. The lowest BCUT2D eigenvalue weighted by Crippen LogP contribution is -2.37. The lowest BCUT2D eigenvalue weighted by Gasteiger charge is -2.33. The molecule has 8 heteroatoms.